The number of carbonyl (C=O) groups is 1. The maximum Gasteiger partial charge on any atom is 0.356 e. The Morgan fingerprint density at radius 1 is 1.64 bits per heavy atom. The normalized spacial score (nSPS) is 8.91. The predicted octanol–water partition coefficient (Wildman–Crippen LogP) is -0.181. The van der Waals surface area contributed by atoms with E-state index in [4.69, 9.17) is 5.11 Å². The van der Waals surface area contributed by atoms with Gasteiger partial charge in [0.25, 0.3) is 0 Å². The van der Waals surface area contributed by atoms with Crippen LogP contribution >= 0.6 is 0 Å². The number of rotatable bonds is 1. The van der Waals surface area contributed by atoms with Crippen molar-refractivity contribution in [1.82, 2.24) is 15.0 Å². The van der Waals surface area contributed by atoms with Gasteiger partial charge in [-0.2, -0.15) is 0 Å². The zero-order chi connectivity index (χ0) is 7.72. The van der Waals surface area contributed by atoms with Crippen molar-refractivity contribution in [3.8, 4) is 0 Å². The molecule has 0 bridgehead atoms. The summed E-state index contributed by atoms with van der Waals surface area (Å²) in [6.07, 6.45) is 0. The molecule has 0 aromatic carbocycles. The summed E-state index contributed by atoms with van der Waals surface area (Å²) >= 11 is 0. The molecule has 1 rings (SSSR count). The van der Waals surface area contributed by atoms with E-state index in [0.29, 0.717) is 5.69 Å². The predicted molar refractivity (Wildman–Crippen MR) is 32.7 cm³/mol. The smallest absolute Gasteiger partial charge is 0.356 e. The third kappa shape index (κ3) is 1.78. The van der Waals surface area contributed by atoms with E-state index >= 15 is 0 Å². The first kappa shape index (κ1) is 10.1. The van der Waals surface area contributed by atoms with Crippen molar-refractivity contribution in [3.05, 3.63) is 11.4 Å². The Labute approximate surface area is 73.9 Å². The average Bonchev–Trinajstić information content (AvgIpc) is 2.11. The SMILES string of the molecule is Cc1nnn(C)c1C(=O)O.[Cu]. The summed E-state index contributed by atoms with van der Waals surface area (Å²) in [5.41, 5.74) is 0.579. The fourth-order valence-electron chi connectivity index (χ4n) is 0.754. The van der Waals surface area contributed by atoms with E-state index in [1.807, 2.05) is 0 Å². The van der Waals surface area contributed by atoms with Gasteiger partial charge >= 0.3 is 5.97 Å². The largest absolute Gasteiger partial charge is 0.476 e. The van der Waals surface area contributed by atoms with Gasteiger partial charge in [-0.3, -0.25) is 0 Å². The Bertz CT molecular complexity index is 251. The average molecular weight is 205 g/mol. The van der Waals surface area contributed by atoms with Crippen molar-refractivity contribution in [3.63, 3.8) is 0 Å². The summed E-state index contributed by atoms with van der Waals surface area (Å²) in [6, 6.07) is 0. The molecule has 0 fully saturated rings. The van der Waals surface area contributed by atoms with Gasteiger partial charge in [0.2, 0.25) is 0 Å². The van der Waals surface area contributed by atoms with Gasteiger partial charge in [-0.25, -0.2) is 9.48 Å². The zero-order valence-corrected chi connectivity index (χ0v) is 6.94. The molecule has 1 radical (unpaired) electrons. The number of aryl methyl sites for hydroxylation is 2. The van der Waals surface area contributed by atoms with Crippen LogP contribution in [0.3, 0.4) is 0 Å². The van der Waals surface area contributed by atoms with E-state index in [1.165, 1.54) is 4.68 Å². The van der Waals surface area contributed by atoms with Crippen LogP contribution < -0.4 is 0 Å². The van der Waals surface area contributed by atoms with Gasteiger partial charge in [0, 0.05) is 24.1 Å². The van der Waals surface area contributed by atoms with Crippen LogP contribution in [-0.2, 0) is 24.1 Å². The number of carboxylic acid groups (broad SMARTS) is 1. The molecule has 11 heavy (non-hydrogen) atoms. The molecule has 0 spiro atoms. The molecule has 0 atom stereocenters. The molecular weight excluding hydrogens is 198 g/mol. The summed E-state index contributed by atoms with van der Waals surface area (Å²) in [4.78, 5) is 10.4. The number of aromatic nitrogens is 3. The molecule has 0 amide bonds. The summed E-state index contributed by atoms with van der Waals surface area (Å²) in [7, 11) is 1.55. The van der Waals surface area contributed by atoms with Crippen molar-refractivity contribution in [1.29, 1.82) is 0 Å². The fourth-order valence-corrected chi connectivity index (χ4v) is 0.754. The summed E-state index contributed by atoms with van der Waals surface area (Å²) < 4.78 is 1.23. The Morgan fingerprint density at radius 3 is 2.36 bits per heavy atom. The maximum atomic E-state index is 10.4. The molecule has 0 saturated carbocycles. The Kier molecular flexibility index (Phi) is 3.22. The fraction of sp³-hybridized carbons (Fsp3) is 0.400. The Morgan fingerprint density at radius 2 is 2.18 bits per heavy atom. The summed E-state index contributed by atoms with van der Waals surface area (Å²) in [6.45, 7) is 1.61. The van der Waals surface area contributed by atoms with Gasteiger partial charge in [0.15, 0.2) is 5.69 Å². The minimum Gasteiger partial charge on any atom is -0.476 e. The minimum atomic E-state index is -0.995. The van der Waals surface area contributed by atoms with E-state index in [9.17, 15) is 4.79 Å². The third-order valence-electron chi connectivity index (χ3n) is 1.20. The van der Waals surface area contributed by atoms with Crippen molar-refractivity contribution in [2.75, 3.05) is 0 Å². The second kappa shape index (κ2) is 3.50. The number of carboxylic acids is 1. The third-order valence-corrected chi connectivity index (χ3v) is 1.20. The molecule has 0 saturated heterocycles. The van der Waals surface area contributed by atoms with Crippen LogP contribution in [0.4, 0.5) is 0 Å². The molecular formula is C5H7CuN3O2. The van der Waals surface area contributed by atoms with E-state index in [0.717, 1.165) is 0 Å². The quantitative estimate of drug-likeness (QED) is 0.645. The number of nitrogens with zero attached hydrogens (tertiary/aromatic N) is 3. The summed E-state index contributed by atoms with van der Waals surface area (Å²) in [5, 5.41) is 15.6. The number of hydrogen-bond acceptors (Lipinski definition) is 3. The second-order valence-electron chi connectivity index (χ2n) is 1.95. The topological polar surface area (TPSA) is 68.0 Å². The molecule has 65 valence electrons. The van der Waals surface area contributed by atoms with Crippen LogP contribution in [0.5, 0.6) is 0 Å². The van der Waals surface area contributed by atoms with Crippen molar-refractivity contribution in [2.45, 2.75) is 6.92 Å². The Hall–Kier alpha value is -0.871. The van der Waals surface area contributed by atoms with Gasteiger partial charge in [-0.05, 0) is 6.92 Å². The molecule has 5 nitrogen and oxygen atoms in total. The number of aromatic carboxylic acids is 1. The van der Waals surface area contributed by atoms with Crippen LogP contribution in [0.1, 0.15) is 16.2 Å². The van der Waals surface area contributed by atoms with Crippen molar-refractivity contribution in [2.24, 2.45) is 7.05 Å². The number of hydrogen-bond donors (Lipinski definition) is 1. The molecule has 1 N–H and O–H groups in total. The van der Waals surface area contributed by atoms with Gasteiger partial charge in [0.1, 0.15) is 0 Å². The van der Waals surface area contributed by atoms with Gasteiger partial charge in [-0.15, -0.1) is 5.10 Å². The zero-order valence-electron chi connectivity index (χ0n) is 6.00. The summed E-state index contributed by atoms with van der Waals surface area (Å²) in [5.74, 6) is -0.995. The van der Waals surface area contributed by atoms with Crippen molar-refractivity contribution >= 4 is 5.97 Å². The first-order valence-electron chi connectivity index (χ1n) is 2.72. The molecule has 6 heteroatoms. The second-order valence-corrected chi connectivity index (χ2v) is 1.95. The molecule has 0 aliphatic carbocycles. The molecule has 0 aliphatic rings. The van der Waals surface area contributed by atoms with Crippen LogP contribution in [0, 0.1) is 6.92 Å². The standard InChI is InChI=1S/C5H7N3O2.Cu/c1-3-4(5(9)10)8(2)7-6-3;/h1-2H3,(H,9,10);. The Balaban J connectivity index is 0.000001000. The van der Waals surface area contributed by atoms with Gasteiger partial charge in [-0.1, -0.05) is 5.21 Å². The molecule has 0 aliphatic heterocycles. The van der Waals surface area contributed by atoms with Gasteiger partial charge in [0.05, 0.1) is 5.69 Å². The van der Waals surface area contributed by atoms with E-state index in [2.05, 4.69) is 10.3 Å². The molecule has 0 unspecified atom stereocenters. The van der Waals surface area contributed by atoms with Crippen LogP contribution in [0.2, 0.25) is 0 Å². The maximum absolute atomic E-state index is 10.4. The van der Waals surface area contributed by atoms with Crippen LogP contribution in [0.15, 0.2) is 0 Å². The van der Waals surface area contributed by atoms with E-state index < -0.39 is 5.97 Å². The van der Waals surface area contributed by atoms with Gasteiger partial charge < -0.3 is 5.11 Å². The van der Waals surface area contributed by atoms with E-state index in [-0.39, 0.29) is 22.8 Å². The molecule has 1 aromatic heterocycles. The monoisotopic (exact) mass is 204 g/mol. The van der Waals surface area contributed by atoms with E-state index in [1.54, 1.807) is 14.0 Å². The first-order valence-corrected chi connectivity index (χ1v) is 2.72. The van der Waals surface area contributed by atoms with Crippen molar-refractivity contribution < 1.29 is 27.0 Å². The molecule has 1 heterocycles. The van der Waals surface area contributed by atoms with Crippen LogP contribution in [-0.4, -0.2) is 26.1 Å². The molecule has 1 aromatic rings. The first-order chi connectivity index (χ1) is 4.63. The minimum absolute atomic E-state index is 0. The van der Waals surface area contributed by atoms with Crippen LogP contribution in [0.25, 0.3) is 0 Å².